The number of benzene rings is 1. The number of amides is 1. The number of rotatable bonds is 5. The zero-order chi connectivity index (χ0) is 22.9. The normalized spacial score (nSPS) is 18.7. The maximum atomic E-state index is 13.1. The molecule has 3 aromatic rings. The first-order valence-corrected chi connectivity index (χ1v) is 9.93. The maximum absolute atomic E-state index is 13.1. The number of halogens is 3. The first-order valence-electron chi connectivity index (χ1n) is 9.93. The van der Waals surface area contributed by atoms with Crippen molar-refractivity contribution >= 4 is 28.5 Å². The third-order valence-electron chi connectivity index (χ3n) is 5.62. The van der Waals surface area contributed by atoms with Gasteiger partial charge in [0.25, 0.3) is 0 Å². The number of aromatic nitrogens is 2. The van der Waals surface area contributed by atoms with E-state index >= 15 is 0 Å². The molecule has 0 saturated carbocycles. The zero-order valence-corrected chi connectivity index (χ0v) is 17.2. The number of nitrogens with one attached hydrogen (secondary N) is 2. The van der Waals surface area contributed by atoms with E-state index in [-0.39, 0.29) is 37.5 Å². The van der Waals surface area contributed by atoms with Gasteiger partial charge >= 0.3 is 12.1 Å². The molecule has 1 saturated heterocycles. The van der Waals surface area contributed by atoms with Crippen molar-refractivity contribution in [2.45, 2.75) is 24.6 Å². The number of nitrogens with zero attached hydrogens (tertiary/aromatic N) is 2. The Balaban J connectivity index is 1.52. The summed E-state index contributed by atoms with van der Waals surface area (Å²) < 4.78 is 44.1. The molecule has 1 aliphatic heterocycles. The largest absolute Gasteiger partial charge is 0.467 e. The van der Waals surface area contributed by atoms with Crippen LogP contribution in [0.25, 0.3) is 10.9 Å². The quantitative estimate of drug-likeness (QED) is 0.589. The van der Waals surface area contributed by atoms with Crippen LogP contribution in [0.4, 0.5) is 18.9 Å². The van der Waals surface area contributed by atoms with Crippen molar-refractivity contribution in [2.75, 3.05) is 25.1 Å². The highest BCUT2D eigenvalue weighted by Crippen LogP contribution is 2.33. The predicted octanol–water partition coefficient (Wildman–Crippen LogP) is 3.06. The molecule has 168 valence electrons. The van der Waals surface area contributed by atoms with Crippen LogP contribution in [-0.2, 0) is 26.9 Å². The monoisotopic (exact) mass is 446 g/mol. The van der Waals surface area contributed by atoms with Crippen LogP contribution < -0.4 is 10.2 Å². The van der Waals surface area contributed by atoms with Gasteiger partial charge in [-0.2, -0.15) is 13.2 Å². The number of anilines is 1. The van der Waals surface area contributed by atoms with Gasteiger partial charge in [0.1, 0.15) is 0 Å². The van der Waals surface area contributed by atoms with Gasteiger partial charge in [0.2, 0.25) is 5.91 Å². The Morgan fingerprint density at radius 2 is 2.06 bits per heavy atom. The summed E-state index contributed by atoms with van der Waals surface area (Å²) in [6.07, 6.45) is -0.449. The zero-order valence-electron chi connectivity index (χ0n) is 17.2. The molecule has 0 bridgehead atoms. The fourth-order valence-electron chi connectivity index (χ4n) is 4.00. The Labute approximate surface area is 181 Å². The number of aromatic amines is 1. The number of fused-ring (bicyclic) bond motifs is 1. The van der Waals surface area contributed by atoms with Crippen LogP contribution in [0.2, 0.25) is 0 Å². The number of carbonyl (C=O) groups excluding carboxylic acids is 2. The number of H-pyrrole nitrogens is 1. The molecular formula is C22H21F3N4O3. The number of methoxy groups -OCH3 is 1. The van der Waals surface area contributed by atoms with Crippen LogP contribution in [0, 0.1) is 0 Å². The highest BCUT2D eigenvalue weighted by atomic mass is 19.4. The molecular weight excluding hydrogens is 425 g/mol. The summed E-state index contributed by atoms with van der Waals surface area (Å²) in [5.74, 6) is -1.03. The second kappa shape index (κ2) is 8.18. The third-order valence-corrected chi connectivity index (χ3v) is 5.62. The average Bonchev–Trinajstić information content (AvgIpc) is 3.40. The Morgan fingerprint density at radius 3 is 2.81 bits per heavy atom. The minimum absolute atomic E-state index is 0.0237. The molecule has 2 N–H and O–H groups in total. The number of pyridine rings is 1. The Kier molecular flexibility index (Phi) is 5.53. The second-order valence-electron chi connectivity index (χ2n) is 7.80. The van der Waals surface area contributed by atoms with Gasteiger partial charge in [-0.05, 0) is 29.1 Å². The van der Waals surface area contributed by atoms with Crippen molar-refractivity contribution in [1.29, 1.82) is 0 Å². The molecule has 1 amide bonds. The van der Waals surface area contributed by atoms with Crippen molar-refractivity contribution in [3.63, 3.8) is 0 Å². The number of esters is 1. The average molecular weight is 446 g/mol. The summed E-state index contributed by atoms with van der Waals surface area (Å²) in [5, 5.41) is 3.79. The summed E-state index contributed by atoms with van der Waals surface area (Å²) >= 11 is 0. The lowest BCUT2D eigenvalue weighted by Gasteiger charge is -2.28. The molecule has 7 nitrogen and oxygen atoms in total. The van der Waals surface area contributed by atoms with E-state index in [1.54, 1.807) is 11.1 Å². The number of ether oxygens (including phenoxy) is 1. The molecule has 0 radical (unpaired) electrons. The molecule has 3 heterocycles. The van der Waals surface area contributed by atoms with E-state index in [0.29, 0.717) is 0 Å². The molecule has 1 atom stereocenters. The molecule has 10 heteroatoms. The van der Waals surface area contributed by atoms with E-state index in [2.05, 4.69) is 15.3 Å². The van der Waals surface area contributed by atoms with Crippen LogP contribution in [0.3, 0.4) is 0 Å². The lowest BCUT2D eigenvalue weighted by atomic mass is 9.97. The molecule has 0 spiro atoms. The second-order valence-corrected chi connectivity index (χ2v) is 7.80. The van der Waals surface area contributed by atoms with Crippen molar-refractivity contribution in [3.05, 3.63) is 60.0 Å². The lowest BCUT2D eigenvalue weighted by molar-refractivity contribution is -0.150. The fraction of sp³-hybridized carbons (Fsp3) is 0.318. The van der Waals surface area contributed by atoms with Crippen LogP contribution in [0.5, 0.6) is 0 Å². The van der Waals surface area contributed by atoms with Gasteiger partial charge in [-0.25, -0.2) is 4.79 Å². The Morgan fingerprint density at radius 1 is 1.25 bits per heavy atom. The summed E-state index contributed by atoms with van der Waals surface area (Å²) in [5.41, 5.74) is -0.376. The number of hydrogen-bond acceptors (Lipinski definition) is 5. The predicted molar refractivity (Wildman–Crippen MR) is 111 cm³/mol. The molecule has 32 heavy (non-hydrogen) atoms. The van der Waals surface area contributed by atoms with Gasteiger partial charge in [-0.1, -0.05) is 12.1 Å². The van der Waals surface area contributed by atoms with E-state index < -0.39 is 23.2 Å². The minimum atomic E-state index is -4.53. The van der Waals surface area contributed by atoms with E-state index in [1.807, 2.05) is 24.3 Å². The molecule has 2 aromatic heterocycles. The molecule has 4 rings (SSSR count). The topological polar surface area (TPSA) is 87.3 Å². The van der Waals surface area contributed by atoms with Crippen molar-refractivity contribution in [3.8, 4) is 0 Å². The smallest absolute Gasteiger partial charge is 0.417 e. The van der Waals surface area contributed by atoms with Crippen LogP contribution in [-0.4, -0.2) is 47.6 Å². The van der Waals surface area contributed by atoms with Crippen molar-refractivity contribution in [1.82, 2.24) is 15.3 Å². The van der Waals surface area contributed by atoms with Crippen LogP contribution in [0.1, 0.15) is 17.5 Å². The number of hydrogen-bond donors (Lipinski definition) is 2. The maximum Gasteiger partial charge on any atom is 0.417 e. The van der Waals surface area contributed by atoms with Gasteiger partial charge in [-0.3, -0.25) is 9.78 Å². The van der Waals surface area contributed by atoms with E-state index in [9.17, 15) is 22.8 Å². The molecule has 1 unspecified atom stereocenters. The highest BCUT2D eigenvalue weighted by Gasteiger charge is 2.47. The van der Waals surface area contributed by atoms with Gasteiger partial charge in [-0.15, -0.1) is 0 Å². The summed E-state index contributed by atoms with van der Waals surface area (Å²) in [6.45, 7) is 0.233. The van der Waals surface area contributed by atoms with Gasteiger partial charge in [0.15, 0.2) is 5.54 Å². The van der Waals surface area contributed by atoms with E-state index in [1.165, 1.54) is 13.3 Å². The summed E-state index contributed by atoms with van der Waals surface area (Å²) in [6, 6.07) is 8.47. The molecule has 1 fully saturated rings. The van der Waals surface area contributed by atoms with Crippen molar-refractivity contribution in [2.24, 2.45) is 0 Å². The van der Waals surface area contributed by atoms with Crippen LogP contribution >= 0.6 is 0 Å². The summed E-state index contributed by atoms with van der Waals surface area (Å²) in [4.78, 5) is 33.7. The first-order chi connectivity index (χ1) is 15.2. The Bertz CT molecular complexity index is 1160. The number of carbonyl (C=O) groups is 2. The van der Waals surface area contributed by atoms with E-state index in [0.717, 1.165) is 28.7 Å². The van der Waals surface area contributed by atoms with Crippen LogP contribution in [0.15, 0.2) is 48.9 Å². The van der Waals surface area contributed by atoms with Gasteiger partial charge in [0.05, 0.1) is 37.5 Å². The number of alkyl halides is 3. The Hall–Kier alpha value is -3.56. The van der Waals surface area contributed by atoms with E-state index in [4.69, 9.17) is 4.74 Å². The minimum Gasteiger partial charge on any atom is -0.467 e. The first kappa shape index (κ1) is 21.7. The molecule has 1 aliphatic rings. The highest BCUT2D eigenvalue weighted by molar-refractivity contribution is 5.91. The molecule has 0 aliphatic carbocycles. The molecule has 1 aromatic carbocycles. The standard InChI is InChI=1S/C22H21F3N4O3/c1-32-20(31)21(28-19(30)9-14-2-3-15-4-6-27-18(15)8-14)5-7-29(13-21)17-10-16(11-26-12-17)22(23,24)25/h2-4,6,8,10-12,27H,5,7,9,13H2,1H3,(H,28,30). The third kappa shape index (κ3) is 4.25. The summed E-state index contributed by atoms with van der Waals surface area (Å²) in [7, 11) is 1.21. The lowest BCUT2D eigenvalue weighted by Crippen LogP contribution is -2.57. The van der Waals surface area contributed by atoms with Gasteiger partial charge in [0, 0.05) is 30.9 Å². The van der Waals surface area contributed by atoms with Gasteiger partial charge < -0.3 is 19.9 Å². The van der Waals surface area contributed by atoms with Crippen molar-refractivity contribution < 1.29 is 27.5 Å². The fourth-order valence-corrected chi connectivity index (χ4v) is 4.00. The SMILES string of the molecule is COC(=O)C1(NC(=O)Cc2ccc3cc[nH]c3c2)CCN(c2cncc(C(F)(F)F)c2)C1.